The fraction of sp³-hybridized carbons (Fsp3) is 0.444. The maximum Gasteiger partial charge on any atom is 0.508 e. The van der Waals surface area contributed by atoms with Crippen LogP contribution in [0.3, 0.4) is 0 Å². The molecule has 0 bridgehead atoms. The largest absolute Gasteiger partial charge is 0.508 e. The van der Waals surface area contributed by atoms with E-state index in [1.54, 1.807) is 12.1 Å². The highest BCUT2D eigenvalue weighted by atomic mass is 16.5. The van der Waals surface area contributed by atoms with Crippen molar-refractivity contribution < 1.29 is 14.8 Å². The minimum absolute atomic E-state index is 0.187. The molecule has 0 aromatic carbocycles. The lowest BCUT2D eigenvalue weighted by atomic mass is 9.86. The van der Waals surface area contributed by atoms with Crippen molar-refractivity contribution in [1.82, 2.24) is 4.98 Å². The van der Waals surface area contributed by atoms with Gasteiger partial charge in [0.25, 0.3) is 0 Å². The smallest absolute Gasteiger partial charge is 0.472 e. The molecule has 0 amide bonds. The molecule has 76 valence electrons. The lowest BCUT2D eigenvalue weighted by molar-refractivity contribution is 0.124. The molecule has 1 rings (SSSR count). The molecule has 4 nitrogen and oxygen atoms in total. The molecular weight excluding hydrogens is 181 g/mol. The van der Waals surface area contributed by atoms with Crippen molar-refractivity contribution in [2.24, 2.45) is 0 Å². The Morgan fingerprint density at radius 1 is 1.29 bits per heavy atom. The SMILES string of the molecule is CC(C)(C)Oc1cccc(B(O)O)n1. The molecule has 0 aliphatic carbocycles. The second kappa shape index (κ2) is 3.98. The summed E-state index contributed by atoms with van der Waals surface area (Å²) >= 11 is 0. The van der Waals surface area contributed by atoms with Gasteiger partial charge in [0.2, 0.25) is 5.88 Å². The van der Waals surface area contributed by atoms with Gasteiger partial charge in [-0.2, -0.15) is 0 Å². The first-order valence-corrected chi connectivity index (χ1v) is 4.40. The summed E-state index contributed by atoms with van der Waals surface area (Å²) in [5.74, 6) is 0.392. The highest BCUT2D eigenvalue weighted by Gasteiger charge is 2.16. The monoisotopic (exact) mass is 195 g/mol. The van der Waals surface area contributed by atoms with E-state index in [1.807, 2.05) is 20.8 Å². The maximum atomic E-state index is 8.88. The number of pyridine rings is 1. The van der Waals surface area contributed by atoms with E-state index < -0.39 is 7.12 Å². The fourth-order valence-corrected chi connectivity index (χ4v) is 0.945. The molecule has 14 heavy (non-hydrogen) atoms. The molecule has 0 unspecified atom stereocenters. The van der Waals surface area contributed by atoms with Gasteiger partial charge in [-0.1, -0.05) is 6.07 Å². The van der Waals surface area contributed by atoms with Gasteiger partial charge < -0.3 is 14.8 Å². The summed E-state index contributed by atoms with van der Waals surface area (Å²) in [4.78, 5) is 3.94. The average molecular weight is 195 g/mol. The van der Waals surface area contributed by atoms with Crippen molar-refractivity contribution in [3.8, 4) is 5.88 Å². The van der Waals surface area contributed by atoms with E-state index in [4.69, 9.17) is 14.8 Å². The summed E-state index contributed by atoms with van der Waals surface area (Å²) in [7, 11) is -1.56. The van der Waals surface area contributed by atoms with Crippen molar-refractivity contribution in [3.05, 3.63) is 18.2 Å². The van der Waals surface area contributed by atoms with Crippen molar-refractivity contribution in [2.45, 2.75) is 26.4 Å². The van der Waals surface area contributed by atoms with E-state index in [-0.39, 0.29) is 11.2 Å². The van der Waals surface area contributed by atoms with Gasteiger partial charge in [-0.15, -0.1) is 0 Å². The van der Waals surface area contributed by atoms with E-state index in [1.165, 1.54) is 6.07 Å². The van der Waals surface area contributed by atoms with E-state index in [0.29, 0.717) is 5.88 Å². The molecule has 0 aliphatic heterocycles. The van der Waals surface area contributed by atoms with Gasteiger partial charge in [-0.25, -0.2) is 4.98 Å². The van der Waals surface area contributed by atoms with Gasteiger partial charge >= 0.3 is 7.12 Å². The van der Waals surface area contributed by atoms with E-state index in [9.17, 15) is 0 Å². The zero-order chi connectivity index (χ0) is 10.8. The molecule has 1 aromatic heterocycles. The predicted octanol–water partition coefficient (Wildman–Crippen LogP) is -0.0613. The molecule has 5 heteroatoms. The molecular formula is C9H14BNO3. The van der Waals surface area contributed by atoms with Crippen LogP contribution in [0, 0.1) is 0 Å². The third kappa shape index (κ3) is 3.36. The van der Waals surface area contributed by atoms with Crippen LogP contribution < -0.4 is 10.3 Å². The summed E-state index contributed by atoms with van der Waals surface area (Å²) in [6, 6.07) is 4.88. The first-order valence-electron chi connectivity index (χ1n) is 4.40. The minimum Gasteiger partial charge on any atom is -0.472 e. The molecule has 2 N–H and O–H groups in total. The average Bonchev–Trinajstić information content (AvgIpc) is 2.01. The van der Waals surface area contributed by atoms with Gasteiger partial charge in [0.05, 0.1) is 5.59 Å². The molecule has 0 atom stereocenters. The van der Waals surface area contributed by atoms with Crippen molar-refractivity contribution in [2.75, 3.05) is 0 Å². The van der Waals surface area contributed by atoms with Crippen LogP contribution in [0.15, 0.2) is 18.2 Å². The molecule has 1 heterocycles. The number of ether oxygens (including phenoxy) is 1. The van der Waals surface area contributed by atoms with Crippen LogP contribution in [-0.2, 0) is 0 Å². The van der Waals surface area contributed by atoms with Gasteiger partial charge in [0.15, 0.2) is 0 Å². The number of hydrogen-bond acceptors (Lipinski definition) is 4. The summed E-state index contributed by atoms with van der Waals surface area (Å²) in [6.07, 6.45) is 0. The van der Waals surface area contributed by atoms with Crippen molar-refractivity contribution in [3.63, 3.8) is 0 Å². The Labute approximate surface area is 83.7 Å². The lowest BCUT2D eigenvalue weighted by Gasteiger charge is -2.20. The summed E-state index contributed by atoms with van der Waals surface area (Å²) < 4.78 is 5.46. The molecule has 0 fully saturated rings. The first kappa shape index (κ1) is 11.0. The Morgan fingerprint density at radius 3 is 2.43 bits per heavy atom. The van der Waals surface area contributed by atoms with Gasteiger partial charge in [0, 0.05) is 6.07 Å². The minimum atomic E-state index is -1.56. The first-order chi connectivity index (χ1) is 6.38. The molecule has 0 radical (unpaired) electrons. The number of aromatic nitrogens is 1. The lowest BCUT2D eigenvalue weighted by Crippen LogP contribution is -2.33. The van der Waals surface area contributed by atoms with Crippen LogP contribution >= 0.6 is 0 Å². The highest BCUT2D eigenvalue weighted by molar-refractivity contribution is 6.57. The standard InChI is InChI=1S/C9H14BNO3/c1-9(2,3)14-8-6-4-5-7(11-8)10(12)13/h4-6,12-13H,1-3H3. The van der Waals surface area contributed by atoms with Crippen LogP contribution in [-0.4, -0.2) is 27.8 Å². The molecule has 0 spiro atoms. The maximum absolute atomic E-state index is 8.88. The number of nitrogens with zero attached hydrogens (tertiary/aromatic N) is 1. The second-order valence-corrected chi connectivity index (χ2v) is 3.99. The van der Waals surface area contributed by atoms with Crippen LogP contribution in [0.4, 0.5) is 0 Å². The molecule has 1 aromatic rings. The topological polar surface area (TPSA) is 62.6 Å². The number of hydrogen-bond donors (Lipinski definition) is 2. The third-order valence-electron chi connectivity index (χ3n) is 1.42. The molecule has 0 saturated carbocycles. The van der Waals surface area contributed by atoms with Crippen LogP contribution in [0.1, 0.15) is 20.8 Å². The van der Waals surface area contributed by atoms with E-state index >= 15 is 0 Å². The highest BCUT2D eigenvalue weighted by Crippen LogP contribution is 2.12. The van der Waals surface area contributed by atoms with Crippen LogP contribution in [0.2, 0.25) is 0 Å². The quantitative estimate of drug-likeness (QED) is 0.649. The summed E-state index contributed by atoms with van der Waals surface area (Å²) in [6.45, 7) is 5.70. The van der Waals surface area contributed by atoms with E-state index in [0.717, 1.165) is 0 Å². The zero-order valence-electron chi connectivity index (χ0n) is 8.56. The predicted molar refractivity (Wildman–Crippen MR) is 54.4 cm³/mol. The fourth-order valence-electron chi connectivity index (χ4n) is 0.945. The Hall–Kier alpha value is -1.07. The zero-order valence-corrected chi connectivity index (χ0v) is 8.56. The summed E-state index contributed by atoms with van der Waals surface area (Å²) in [5.41, 5.74) is -0.154. The summed E-state index contributed by atoms with van der Waals surface area (Å²) in [5, 5.41) is 17.8. The Morgan fingerprint density at radius 2 is 1.93 bits per heavy atom. The van der Waals surface area contributed by atoms with Gasteiger partial charge in [-0.3, -0.25) is 0 Å². The van der Waals surface area contributed by atoms with Crippen LogP contribution in [0.25, 0.3) is 0 Å². The second-order valence-electron chi connectivity index (χ2n) is 3.99. The Bertz CT molecular complexity index is 309. The van der Waals surface area contributed by atoms with Crippen molar-refractivity contribution in [1.29, 1.82) is 0 Å². The third-order valence-corrected chi connectivity index (χ3v) is 1.42. The Kier molecular flexibility index (Phi) is 3.13. The molecule has 0 aliphatic rings. The number of rotatable bonds is 2. The van der Waals surface area contributed by atoms with Crippen LogP contribution in [0.5, 0.6) is 5.88 Å². The molecule has 0 saturated heterocycles. The normalized spacial score (nSPS) is 11.2. The Balaban J connectivity index is 2.84. The van der Waals surface area contributed by atoms with Gasteiger partial charge in [0.1, 0.15) is 5.60 Å². The van der Waals surface area contributed by atoms with Crippen molar-refractivity contribution >= 4 is 12.7 Å². The van der Waals surface area contributed by atoms with Gasteiger partial charge in [-0.05, 0) is 26.8 Å². The van der Waals surface area contributed by atoms with E-state index in [2.05, 4.69) is 4.98 Å².